The number of amides is 1. The van der Waals surface area contributed by atoms with Crippen molar-refractivity contribution in [2.45, 2.75) is 13.8 Å². The fourth-order valence-corrected chi connectivity index (χ4v) is 2.57. The molecule has 0 spiro atoms. The third kappa shape index (κ3) is 3.05. The highest BCUT2D eigenvalue weighted by atomic mass is 35.5. The van der Waals surface area contributed by atoms with E-state index in [4.69, 9.17) is 16.3 Å². The summed E-state index contributed by atoms with van der Waals surface area (Å²) in [4.78, 5) is 17.3. The minimum atomic E-state index is -0.234. The number of thiazole rings is 1. The number of benzene rings is 1. The Morgan fingerprint density at radius 1 is 1.42 bits per heavy atom. The number of rotatable bonds is 3. The lowest BCUT2D eigenvalue weighted by atomic mass is 10.3. The molecule has 0 radical (unpaired) electrons. The summed E-state index contributed by atoms with van der Waals surface area (Å²) in [6, 6.07) is 5.08. The van der Waals surface area contributed by atoms with Crippen LogP contribution in [0.3, 0.4) is 0 Å². The molecule has 6 heteroatoms. The van der Waals surface area contributed by atoms with Gasteiger partial charge in [-0.25, -0.2) is 4.98 Å². The second kappa shape index (κ2) is 5.59. The molecule has 0 unspecified atom stereocenters. The maximum Gasteiger partial charge on any atom is 0.284 e. The van der Waals surface area contributed by atoms with Crippen LogP contribution in [0.1, 0.15) is 20.4 Å². The summed E-state index contributed by atoms with van der Waals surface area (Å²) in [5.41, 5.74) is 1.49. The van der Waals surface area contributed by atoms with Gasteiger partial charge in [0.15, 0.2) is 5.01 Å². The third-order valence-electron chi connectivity index (χ3n) is 2.63. The first-order valence-electron chi connectivity index (χ1n) is 5.60. The highest BCUT2D eigenvalue weighted by Gasteiger charge is 2.13. The Morgan fingerprint density at radius 2 is 2.16 bits per heavy atom. The van der Waals surface area contributed by atoms with Crippen LogP contribution in [0.5, 0.6) is 5.75 Å². The first-order valence-corrected chi connectivity index (χ1v) is 6.79. The first-order chi connectivity index (χ1) is 9.01. The predicted octanol–water partition coefficient (Wildman–Crippen LogP) is 3.67. The number of aromatic nitrogens is 1. The molecule has 0 atom stereocenters. The molecule has 0 aliphatic heterocycles. The van der Waals surface area contributed by atoms with E-state index in [2.05, 4.69) is 10.3 Å². The van der Waals surface area contributed by atoms with Crippen molar-refractivity contribution in [1.29, 1.82) is 0 Å². The van der Waals surface area contributed by atoms with Crippen molar-refractivity contribution in [3.63, 3.8) is 0 Å². The van der Waals surface area contributed by atoms with Gasteiger partial charge in [0.05, 0.1) is 17.8 Å². The summed E-state index contributed by atoms with van der Waals surface area (Å²) in [5, 5.41) is 3.66. The molecule has 2 rings (SSSR count). The van der Waals surface area contributed by atoms with E-state index in [-0.39, 0.29) is 5.91 Å². The van der Waals surface area contributed by atoms with Crippen molar-refractivity contribution in [2.24, 2.45) is 0 Å². The standard InChI is InChI=1S/C13H13ClN2O2S/c1-7-8(2)19-13(15-7)12(17)16-9-4-5-11(18-3)10(14)6-9/h4-6H,1-3H3,(H,16,17). The van der Waals surface area contributed by atoms with Crippen LogP contribution in [0.15, 0.2) is 18.2 Å². The van der Waals surface area contributed by atoms with E-state index in [9.17, 15) is 4.79 Å². The molecule has 0 aliphatic rings. The van der Waals surface area contributed by atoms with Crippen molar-refractivity contribution in [2.75, 3.05) is 12.4 Å². The number of methoxy groups -OCH3 is 1. The fourth-order valence-electron chi connectivity index (χ4n) is 1.50. The minimum absolute atomic E-state index is 0.234. The summed E-state index contributed by atoms with van der Waals surface area (Å²) >= 11 is 7.37. The Kier molecular flexibility index (Phi) is 4.07. The van der Waals surface area contributed by atoms with Gasteiger partial charge in [0.2, 0.25) is 0 Å². The molecule has 1 heterocycles. The molecule has 1 aromatic heterocycles. The number of carbonyl (C=O) groups is 1. The summed E-state index contributed by atoms with van der Waals surface area (Å²) in [6.45, 7) is 3.82. The molecule has 0 aliphatic carbocycles. The molecule has 0 fully saturated rings. The lowest BCUT2D eigenvalue weighted by Crippen LogP contribution is -2.11. The van der Waals surface area contributed by atoms with Crippen LogP contribution in [-0.4, -0.2) is 18.0 Å². The van der Waals surface area contributed by atoms with E-state index in [1.165, 1.54) is 11.3 Å². The number of hydrogen-bond donors (Lipinski definition) is 1. The Hall–Kier alpha value is -1.59. The van der Waals surface area contributed by atoms with Crippen molar-refractivity contribution in [3.8, 4) is 5.75 Å². The van der Waals surface area contributed by atoms with E-state index >= 15 is 0 Å². The molecular weight excluding hydrogens is 284 g/mol. The van der Waals surface area contributed by atoms with Gasteiger partial charge in [-0.05, 0) is 32.0 Å². The molecule has 0 saturated carbocycles. The lowest BCUT2D eigenvalue weighted by molar-refractivity contribution is 0.102. The molecule has 1 aromatic carbocycles. The average molecular weight is 297 g/mol. The Morgan fingerprint density at radius 3 is 2.68 bits per heavy atom. The number of ether oxygens (including phenoxy) is 1. The lowest BCUT2D eigenvalue weighted by Gasteiger charge is -2.06. The summed E-state index contributed by atoms with van der Waals surface area (Å²) in [7, 11) is 1.54. The van der Waals surface area contributed by atoms with Crippen LogP contribution >= 0.6 is 22.9 Å². The van der Waals surface area contributed by atoms with Crippen molar-refractivity contribution >= 4 is 34.5 Å². The highest BCUT2D eigenvalue weighted by molar-refractivity contribution is 7.13. The van der Waals surface area contributed by atoms with Crippen LogP contribution in [0.2, 0.25) is 5.02 Å². The van der Waals surface area contributed by atoms with Crippen LogP contribution < -0.4 is 10.1 Å². The second-order valence-corrected chi connectivity index (χ2v) is 5.57. The maximum atomic E-state index is 12.0. The molecule has 2 aromatic rings. The molecule has 100 valence electrons. The summed E-state index contributed by atoms with van der Waals surface area (Å²) in [5.74, 6) is 0.336. The molecule has 4 nitrogen and oxygen atoms in total. The van der Waals surface area contributed by atoms with Gasteiger partial charge in [-0.15, -0.1) is 11.3 Å². The molecule has 0 saturated heterocycles. The van der Waals surface area contributed by atoms with Gasteiger partial charge in [0.1, 0.15) is 5.75 Å². The van der Waals surface area contributed by atoms with Gasteiger partial charge in [0.25, 0.3) is 5.91 Å². The minimum Gasteiger partial charge on any atom is -0.495 e. The summed E-state index contributed by atoms with van der Waals surface area (Å²) in [6.07, 6.45) is 0. The van der Waals surface area contributed by atoms with E-state index < -0.39 is 0 Å². The van der Waals surface area contributed by atoms with E-state index in [0.717, 1.165) is 10.6 Å². The molecule has 19 heavy (non-hydrogen) atoms. The highest BCUT2D eigenvalue weighted by Crippen LogP contribution is 2.27. The van der Waals surface area contributed by atoms with Crippen molar-refractivity contribution in [3.05, 3.63) is 38.8 Å². The third-order valence-corrected chi connectivity index (χ3v) is 4.00. The molecular formula is C13H13ClN2O2S. The Labute approximate surface area is 120 Å². The second-order valence-electron chi connectivity index (χ2n) is 3.96. The fraction of sp³-hybridized carbons (Fsp3) is 0.231. The zero-order valence-electron chi connectivity index (χ0n) is 10.8. The van der Waals surface area contributed by atoms with Crippen LogP contribution in [0.4, 0.5) is 5.69 Å². The topological polar surface area (TPSA) is 51.2 Å². The average Bonchev–Trinajstić information content (AvgIpc) is 2.70. The maximum absolute atomic E-state index is 12.0. The predicted molar refractivity (Wildman–Crippen MR) is 77.5 cm³/mol. The van der Waals surface area contributed by atoms with E-state index in [1.807, 2.05) is 13.8 Å². The molecule has 0 bridgehead atoms. The number of anilines is 1. The number of halogens is 1. The smallest absolute Gasteiger partial charge is 0.284 e. The first kappa shape index (κ1) is 13.8. The van der Waals surface area contributed by atoms with Crippen molar-refractivity contribution in [1.82, 2.24) is 4.98 Å². The van der Waals surface area contributed by atoms with E-state index in [1.54, 1.807) is 25.3 Å². The van der Waals surface area contributed by atoms with Gasteiger partial charge >= 0.3 is 0 Å². The Balaban J connectivity index is 2.17. The quantitative estimate of drug-likeness (QED) is 0.940. The van der Waals surface area contributed by atoms with Gasteiger partial charge in [-0.3, -0.25) is 4.79 Å². The Bertz CT molecular complexity index is 606. The largest absolute Gasteiger partial charge is 0.495 e. The molecule has 1 N–H and O–H groups in total. The van der Waals surface area contributed by atoms with Crippen LogP contribution in [0.25, 0.3) is 0 Å². The normalized spacial score (nSPS) is 10.3. The molecule has 1 amide bonds. The van der Waals surface area contributed by atoms with Gasteiger partial charge in [0, 0.05) is 10.6 Å². The zero-order chi connectivity index (χ0) is 14.0. The van der Waals surface area contributed by atoms with Gasteiger partial charge < -0.3 is 10.1 Å². The van der Waals surface area contributed by atoms with Crippen LogP contribution in [-0.2, 0) is 0 Å². The van der Waals surface area contributed by atoms with E-state index in [0.29, 0.717) is 21.5 Å². The van der Waals surface area contributed by atoms with Gasteiger partial charge in [-0.2, -0.15) is 0 Å². The monoisotopic (exact) mass is 296 g/mol. The number of hydrogen-bond acceptors (Lipinski definition) is 4. The number of carbonyl (C=O) groups excluding carboxylic acids is 1. The number of aryl methyl sites for hydroxylation is 2. The van der Waals surface area contributed by atoms with Gasteiger partial charge in [-0.1, -0.05) is 11.6 Å². The summed E-state index contributed by atoms with van der Waals surface area (Å²) < 4.78 is 5.05. The van der Waals surface area contributed by atoms with Crippen molar-refractivity contribution < 1.29 is 9.53 Å². The zero-order valence-corrected chi connectivity index (χ0v) is 12.4. The van der Waals surface area contributed by atoms with Crippen LogP contribution in [0, 0.1) is 13.8 Å². The number of nitrogens with one attached hydrogen (secondary N) is 1. The SMILES string of the molecule is COc1ccc(NC(=O)c2nc(C)c(C)s2)cc1Cl. The number of nitrogens with zero attached hydrogens (tertiary/aromatic N) is 1.